The summed E-state index contributed by atoms with van der Waals surface area (Å²) in [6, 6.07) is 5.85. The lowest BCUT2D eigenvalue weighted by molar-refractivity contribution is -0.169. The largest absolute Gasteiger partial charge is 0.497 e. The number of piperidine rings is 1. The van der Waals surface area contributed by atoms with E-state index in [4.69, 9.17) is 14.2 Å². The van der Waals surface area contributed by atoms with Gasteiger partial charge in [0.05, 0.1) is 38.1 Å². The van der Waals surface area contributed by atoms with Gasteiger partial charge < -0.3 is 24.2 Å². The molecule has 2 aliphatic rings. The summed E-state index contributed by atoms with van der Waals surface area (Å²) in [4.78, 5) is 6.76. The van der Waals surface area contributed by atoms with E-state index >= 15 is 0 Å². The predicted octanol–water partition coefficient (Wildman–Crippen LogP) is 2.08. The Morgan fingerprint density at radius 2 is 2.00 bits per heavy atom. The normalized spacial score (nSPS) is 20.0. The Morgan fingerprint density at radius 3 is 2.67 bits per heavy atom. The highest BCUT2D eigenvalue weighted by Crippen LogP contribution is 2.37. The summed E-state index contributed by atoms with van der Waals surface area (Å²) in [6.45, 7) is 2.96. The average molecular weight is 330 g/mol. The summed E-state index contributed by atoms with van der Waals surface area (Å²) in [5.41, 5.74) is 2.77. The van der Waals surface area contributed by atoms with Crippen molar-refractivity contribution in [3.63, 3.8) is 0 Å². The van der Waals surface area contributed by atoms with Crippen molar-refractivity contribution in [2.45, 2.75) is 25.2 Å². The van der Waals surface area contributed by atoms with Crippen LogP contribution in [0.15, 0.2) is 24.4 Å². The molecule has 1 aromatic carbocycles. The number of methoxy groups -OCH3 is 1. The molecule has 0 saturated carbocycles. The van der Waals surface area contributed by atoms with Crippen LogP contribution in [0.5, 0.6) is 5.75 Å². The number of benzene rings is 1. The van der Waals surface area contributed by atoms with Crippen LogP contribution in [0.3, 0.4) is 0 Å². The summed E-state index contributed by atoms with van der Waals surface area (Å²) in [5, 5.41) is 10.8. The zero-order valence-electron chi connectivity index (χ0n) is 13.8. The molecule has 2 saturated heterocycles. The van der Waals surface area contributed by atoms with Gasteiger partial charge in [0, 0.05) is 43.1 Å². The second-order valence-electron chi connectivity index (χ2n) is 6.27. The second-order valence-corrected chi connectivity index (χ2v) is 6.27. The molecule has 0 atom stereocenters. The van der Waals surface area contributed by atoms with Crippen LogP contribution in [-0.2, 0) is 16.1 Å². The minimum atomic E-state index is -0.406. The topological polar surface area (TPSA) is 64.1 Å². The Kier molecular flexibility index (Phi) is 4.04. The van der Waals surface area contributed by atoms with E-state index in [1.165, 1.54) is 0 Å². The number of hydrogen-bond acceptors (Lipinski definition) is 6. The van der Waals surface area contributed by atoms with Gasteiger partial charge in [-0.25, -0.2) is 0 Å². The number of aromatic nitrogens is 1. The molecule has 1 spiro atoms. The minimum Gasteiger partial charge on any atom is -0.497 e. The van der Waals surface area contributed by atoms with Gasteiger partial charge in [-0.2, -0.15) is 0 Å². The van der Waals surface area contributed by atoms with E-state index in [-0.39, 0.29) is 6.61 Å². The van der Waals surface area contributed by atoms with E-state index in [1.807, 2.05) is 18.2 Å². The fraction of sp³-hybridized carbons (Fsp3) is 0.500. The first-order chi connectivity index (χ1) is 11.7. The second kappa shape index (κ2) is 6.20. The van der Waals surface area contributed by atoms with E-state index in [2.05, 4.69) is 9.88 Å². The van der Waals surface area contributed by atoms with Crippen molar-refractivity contribution in [3.05, 3.63) is 30.0 Å². The monoisotopic (exact) mass is 330 g/mol. The van der Waals surface area contributed by atoms with Gasteiger partial charge in [0.2, 0.25) is 0 Å². The van der Waals surface area contributed by atoms with Crippen molar-refractivity contribution < 1.29 is 19.3 Å². The maximum absolute atomic E-state index is 9.79. The lowest BCUT2D eigenvalue weighted by Gasteiger charge is -2.39. The SMILES string of the molecule is COc1ccc2ncc(CO)c(N3CCC4(CC3)OCCO4)c2c1. The first-order valence-electron chi connectivity index (χ1n) is 8.34. The van der Waals surface area contributed by atoms with E-state index in [1.54, 1.807) is 13.3 Å². The molecule has 0 bridgehead atoms. The van der Waals surface area contributed by atoms with Crippen LogP contribution in [0.2, 0.25) is 0 Å². The van der Waals surface area contributed by atoms with Gasteiger partial charge in [0.15, 0.2) is 5.79 Å². The maximum Gasteiger partial charge on any atom is 0.171 e. The predicted molar refractivity (Wildman–Crippen MR) is 90.3 cm³/mol. The molecule has 128 valence electrons. The number of ether oxygens (including phenoxy) is 3. The van der Waals surface area contributed by atoms with Crippen LogP contribution in [-0.4, -0.2) is 49.3 Å². The number of aliphatic hydroxyl groups is 1. The number of rotatable bonds is 3. The molecular weight excluding hydrogens is 308 g/mol. The molecule has 2 fully saturated rings. The van der Waals surface area contributed by atoms with Gasteiger partial charge in [-0.1, -0.05) is 0 Å². The number of aliphatic hydroxyl groups excluding tert-OH is 1. The van der Waals surface area contributed by atoms with Crippen LogP contribution in [0.1, 0.15) is 18.4 Å². The zero-order valence-corrected chi connectivity index (χ0v) is 13.8. The average Bonchev–Trinajstić information content (AvgIpc) is 3.09. The van der Waals surface area contributed by atoms with Crippen molar-refractivity contribution in [3.8, 4) is 5.75 Å². The smallest absolute Gasteiger partial charge is 0.171 e. The molecule has 6 heteroatoms. The van der Waals surface area contributed by atoms with Gasteiger partial charge in [0.25, 0.3) is 0 Å². The van der Waals surface area contributed by atoms with Crippen molar-refractivity contribution in [2.75, 3.05) is 38.3 Å². The van der Waals surface area contributed by atoms with E-state index in [0.717, 1.165) is 53.8 Å². The fourth-order valence-electron chi connectivity index (χ4n) is 3.67. The third kappa shape index (κ3) is 2.60. The molecule has 4 rings (SSSR count). The van der Waals surface area contributed by atoms with E-state index in [9.17, 15) is 5.11 Å². The lowest BCUT2D eigenvalue weighted by Crippen LogP contribution is -2.45. The van der Waals surface area contributed by atoms with Gasteiger partial charge in [-0.15, -0.1) is 0 Å². The first-order valence-corrected chi connectivity index (χ1v) is 8.34. The van der Waals surface area contributed by atoms with Gasteiger partial charge in [-0.05, 0) is 18.2 Å². The molecule has 0 radical (unpaired) electrons. The Morgan fingerprint density at radius 1 is 1.25 bits per heavy atom. The molecule has 0 unspecified atom stereocenters. The highest BCUT2D eigenvalue weighted by Gasteiger charge is 2.40. The first kappa shape index (κ1) is 15.6. The molecule has 1 aromatic heterocycles. The van der Waals surface area contributed by atoms with Crippen LogP contribution in [0.4, 0.5) is 5.69 Å². The van der Waals surface area contributed by atoms with Crippen LogP contribution >= 0.6 is 0 Å². The third-order valence-corrected chi connectivity index (χ3v) is 4.95. The molecule has 2 aromatic rings. The Labute approximate surface area is 141 Å². The molecule has 24 heavy (non-hydrogen) atoms. The van der Waals surface area contributed by atoms with E-state index in [0.29, 0.717) is 13.2 Å². The maximum atomic E-state index is 9.79. The zero-order chi connectivity index (χ0) is 16.6. The molecule has 0 amide bonds. The summed E-state index contributed by atoms with van der Waals surface area (Å²) >= 11 is 0. The Bertz CT molecular complexity index is 728. The molecule has 1 N–H and O–H groups in total. The summed E-state index contributed by atoms with van der Waals surface area (Å²) in [5.74, 6) is 0.382. The summed E-state index contributed by atoms with van der Waals surface area (Å²) in [7, 11) is 1.66. The fourth-order valence-corrected chi connectivity index (χ4v) is 3.67. The summed E-state index contributed by atoms with van der Waals surface area (Å²) in [6.07, 6.45) is 3.41. The van der Waals surface area contributed by atoms with Crippen molar-refractivity contribution in [2.24, 2.45) is 0 Å². The molecular formula is C18H22N2O4. The van der Waals surface area contributed by atoms with Crippen LogP contribution < -0.4 is 9.64 Å². The number of fused-ring (bicyclic) bond motifs is 1. The van der Waals surface area contributed by atoms with Crippen molar-refractivity contribution in [1.29, 1.82) is 0 Å². The van der Waals surface area contributed by atoms with Gasteiger partial charge in [-0.3, -0.25) is 4.98 Å². The van der Waals surface area contributed by atoms with Gasteiger partial charge >= 0.3 is 0 Å². The molecule has 2 aliphatic heterocycles. The highest BCUT2D eigenvalue weighted by atomic mass is 16.7. The number of pyridine rings is 1. The standard InChI is InChI=1S/C18H22N2O4/c1-22-14-2-3-16-15(10-14)17(13(12-21)11-19-16)20-6-4-18(5-7-20)23-8-9-24-18/h2-3,10-11,21H,4-9,12H2,1H3. The summed E-state index contributed by atoms with van der Waals surface area (Å²) < 4.78 is 17.0. The van der Waals surface area contributed by atoms with Gasteiger partial charge in [0.1, 0.15) is 5.75 Å². The third-order valence-electron chi connectivity index (χ3n) is 4.95. The minimum absolute atomic E-state index is 0.0376. The number of anilines is 1. The quantitative estimate of drug-likeness (QED) is 0.930. The number of nitrogens with zero attached hydrogens (tertiary/aromatic N) is 2. The van der Waals surface area contributed by atoms with Crippen molar-refractivity contribution in [1.82, 2.24) is 4.98 Å². The number of hydrogen-bond donors (Lipinski definition) is 1. The Balaban J connectivity index is 1.72. The molecule has 3 heterocycles. The molecule has 6 nitrogen and oxygen atoms in total. The van der Waals surface area contributed by atoms with E-state index < -0.39 is 5.79 Å². The Hall–Kier alpha value is -1.89. The lowest BCUT2D eigenvalue weighted by atomic mass is 10.0. The van der Waals surface area contributed by atoms with Crippen molar-refractivity contribution >= 4 is 16.6 Å². The van der Waals surface area contributed by atoms with Crippen LogP contribution in [0.25, 0.3) is 10.9 Å². The highest BCUT2D eigenvalue weighted by molar-refractivity contribution is 5.94. The molecule has 0 aliphatic carbocycles. The van der Waals surface area contributed by atoms with Crippen LogP contribution in [0, 0.1) is 0 Å².